The summed E-state index contributed by atoms with van der Waals surface area (Å²) < 4.78 is 4.82. The Morgan fingerprint density at radius 3 is 2.38 bits per heavy atom. The standard InChI is InChI=1S/C21H21NO2.C2H6.H2/c1-14-4-7-16(8-5-14)21(10-3-11-21)18-13-22-19-12-15(20(23)24-2)6-9-17(18)19;1-2;/h4-9,12-13,22H,3,10-11H2,1-2H3;1-2H3;1H. The molecule has 0 unspecified atom stereocenters. The van der Waals surface area contributed by atoms with E-state index in [1.165, 1.54) is 48.4 Å². The highest BCUT2D eigenvalue weighted by Crippen LogP contribution is 2.51. The van der Waals surface area contributed by atoms with Crippen LogP contribution in [0.4, 0.5) is 0 Å². The highest BCUT2D eigenvalue weighted by molar-refractivity contribution is 5.95. The SMILES string of the molecule is CC.COC(=O)c1ccc2c(C3(c4ccc(C)cc4)CCC3)c[nH]c2c1.[HH]. The summed E-state index contributed by atoms with van der Waals surface area (Å²) in [4.78, 5) is 15.1. The summed E-state index contributed by atoms with van der Waals surface area (Å²) >= 11 is 0. The van der Waals surface area contributed by atoms with Crippen LogP contribution < -0.4 is 0 Å². The molecule has 3 aromatic rings. The van der Waals surface area contributed by atoms with Crippen molar-refractivity contribution >= 4 is 16.9 Å². The van der Waals surface area contributed by atoms with Gasteiger partial charge >= 0.3 is 5.97 Å². The molecule has 1 aromatic heterocycles. The van der Waals surface area contributed by atoms with E-state index < -0.39 is 0 Å². The van der Waals surface area contributed by atoms with Crippen LogP contribution in [0.3, 0.4) is 0 Å². The zero-order valence-electron chi connectivity index (χ0n) is 16.1. The summed E-state index contributed by atoms with van der Waals surface area (Å²) in [6.07, 6.45) is 5.70. The van der Waals surface area contributed by atoms with Crippen molar-refractivity contribution in [2.24, 2.45) is 0 Å². The number of carbonyl (C=O) groups is 1. The lowest BCUT2D eigenvalue weighted by atomic mass is 9.60. The Morgan fingerprint density at radius 1 is 1.12 bits per heavy atom. The van der Waals surface area contributed by atoms with Crippen molar-refractivity contribution in [3.05, 3.63) is 70.9 Å². The predicted molar refractivity (Wildman–Crippen MR) is 109 cm³/mol. The van der Waals surface area contributed by atoms with Crippen LogP contribution in [0, 0.1) is 6.92 Å². The highest BCUT2D eigenvalue weighted by Gasteiger charge is 2.41. The Hall–Kier alpha value is -2.55. The average Bonchev–Trinajstić information content (AvgIpc) is 3.07. The van der Waals surface area contributed by atoms with E-state index in [4.69, 9.17) is 4.74 Å². The number of fused-ring (bicyclic) bond motifs is 1. The second-order valence-corrected chi connectivity index (χ2v) is 6.76. The molecule has 3 nitrogen and oxygen atoms in total. The molecule has 0 atom stereocenters. The lowest BCUT2D eigenvalue weighted by molar-refractivity contribution is 0.0601. The van der Waals surface area contributed by atoms with Gasteiger partial charge in [0.25, 0.3) is 0 Å². The number of esters is 1. The predicted octanol–water partition coefficient (Wildman–Crippen LogP) is 6.01. The molecule has 0 bridgehead atoms. The van der Waals surface area contributed by atoms with Gasteiger partial charge in [-0.1, -0.05) is 56.2 Å². The van der Waals surface area contributed by atoms with Gasteiger partial charge in [0.15, 0.2) is 0 Å². The molecule has 1 fully saturated rings. The monoisotopic (exact) mass is 351 g/mol. The van der Waals surface area contributed by atoms with Crippen LogP contribution >= 0.6 is 0 Å². The van der Waals surface area contributed by atoms with Gasteiger partial charge in [0.05, 0.1) is 12.7 Å². The van der Waals surface area contributed by atoms with Gasteiger partial charge in [-0.3, -0.25) is 0 Å². The molecule has 1 aliphatic rings. The topological polar surface area (TPSA) is 42.1 Å². The van der Waals surface area contributed by atoms with Gasteiger partial charge < -0.3 is 9.72 Å². The quantitative estimate of drug-likeness (QED) is 0.588. The van der Waals surface area contributed by atoms with Gasteiger partial charge in [0.1, 0.15) is 0 Å². The first-order valence-electron chi connectivity index (χ1n) is 9.41. The third kappa shape index (κ3) is 2.92. The third-order valence-electron chi connectivity index (χ3n) is 5.43. The van der Waals surface area contributed by atoms with Gasteiger partial charge in [-0.15, -0.1) is 0 Å². The molecule has 0 spiro atoms. The van der Waals surface area contributed by atoms with Crippen LogP contribution in [0.25, 0.3) is 10.9 Å². The summed E-state index contributed by atoms with van der Waals surface area (Å²) in [5.74, 6) is -0.301. The molecular weight excluding hydrogens is 322 g/mol. The fourth-order valence-corrected chi connectivity index (χ4v) is 3.88. The molecular formula is C23H29NO2. The first-order chi connectivity index (χ1) is 12.6. The molecule has 3 heteroatoms. The fourth-order valence-electron chi connectivity index (χ4n) is 3.88. The van der Waals surface area contributed by atoms with Crippen molar-refractivity contribution in [3.63, 3.8) is 0 Å². The van der Waals surface area contributed by atoms with E-state index in [0.717, 1.165) is 5.52 Å². The smallest absolute Gasteiger partial charge is 0.337 e. The Labute approximate surface area is 156 Å². The number of benzene rings is 2. The molecule has 138 valence electrons. The molecule has 0 amide bonds. The minimum atomic E-state index is -0.301. The van der Waals surface area contributed by atoms with Gasteiger partial charge in [0.2, 0.25) is 0 Å². The first-order valence-corrected chi connectivity index (χ1v) is 9.41. The minimum absolute atomic E-state index is 0. The van der Waals surface area contributed by atoms with E-state index >= 15 is 0 Å². The highest BCUT2D eigenvalue weighted by atomic mass is 16.5. The molecule has 1 N–H and O–H groups in total. The lowest BCUT2D eigenvalue weighted by Crippen LogP contribution is -2.35. The van der Waals surface area contributed by atoms with E-state index in [1.54, 1.807) is 0 Å². The Morgan fingerprint density at radius 2 is 1.81 bits per heavy atom. The third-order valence-corrected chi connectivity index (χ3v) is 5.43. The average molecular weight is 351 g/mol. The number of rotatable bonds is 3. The fraction of sp³-hybridized carbons (Fsp3) is 0.348. The molecule has 1 saturated carbocycles. The van der Waals surface area contributed by atoms with Crippen LogP contribution in [0.15, 0.2) is 48.7 Å². The number of methoxy groups -OCH3 is 1. The molecule has 2 aromatic carbocycles. The number of carbonyl (C=O) groups excluding carboxylic acids is 1. The van der Waals surface area contributed by atoms with Crippen molar-refractivity contribution < 1.29 is 11.0 Å². The maximum absolute atomic E-state index is 11.7. The first kappa shape index (κ1) is 18.2. The largest absolute Gasteiger partial charge is 0.465 e. The van der Waals surface area contributed by atoms with Gasteiger partial charge in [-0.2, -0.15) is 0 Å². The van der Waals surface area contributed by atoms with Crippen molar-refractivity contribution in [2.75, 3.05) is 7.11 Å². The van der Waals surface area contributed by atoms with E-state index in [-0.39, 0.29) is 12.8 Å². The van der Waals surface area contributed by atoms with Gasteiger partial charge in [-0.05, 0) is 43.0 Å². The van der Waals surface area contributed by atoms with E-state index in [0.29, 0.717) is 5.56 Å². The molecule has 1 heterocycles. The maximum atomic E-state index is 11.7. The second kappa shape index (κ2) is 7.36. The van der Waals surface area contributed by atoms with Gasteiger partial charge in [0, 0.05) is 23.9 Å². The Balaban J connectivity index is 0.000000844. The normalized spacial score (nSPS) is 14.9. The zero-order chi connectivity index (χ0) is 18.7. The number of hydrogen-bond donors (Lipinski definition) is 1. The summed E-state index contributed by atoms with van der Waals surface area (Å²) in [7, 11) is 1.41. The second-order valence-electron chi connectivity index (χ2n) is 6.76. The van der Waals surface area contributed by atoms with Crippen LogP contribution in [-0.4, -0.2) is 18.1 Å². The summed E-state index contributed by atoms with van der Waals surface area (Å²) in [5.41, 5.74) is 5.68. The Kier molecular flexibility index (Phi) is 5.17. The number of H-pyrrole nitrogens is 1. The van der Waals surface area contributed by atoms with Crippen LogP contribution in [-0.2, 0) is 10.2 Å². The van der Waals surface area contributed by atoms with Crippen molar-refractivity contribution in [2.45, 2.75) is 45.4 Å². The van der Waals surface area contributed by atoms with E-state index in [2.05, 4.69) is 42.4 Å². The van der Waals surface area contributed by atoms with Crippen molar-refractivity contribution in [1.82, 2.24) is 4.98 Å². The number of hydrogen-bond acceptors (Lipinski definition) is 2. The number of aryl methyl sites for hydroxylation is 1. The number of aromatic nitrogens is 1. The van der Waals surface area contributed by atoms with E-state index in [1.807, 2.05) is 32.0 Å². The minimum Gasteiger partial charge on any atom is -0.465 e. The molecule has 4 rings (SSSR count). The van der Waals surface area contributed by atoms with E-state index in [9.17, 15) is 4.79 Å². The number of ether oxygens (including phenoxy) is 1. The maximum Gasteiger partial charge on any atom is 0.337 e. The van der Waals surface area contributed by atoms with Crippen molar-refractivity contribution in [1.29, 1.82) is 0 Å². The lowest BCUT2D eigenvalue weighted by Gasteiger charge is -2.42. The van der Waals surface area contributed by atoms with Crippen LogP contribution in [0.5, 0.6) is 0 Å². The van der Waals surface area contributed by atoms with Crippen molar-refractivity contribution in [3.8, 4) is 0 Å². The number of nitrogens with one attached hydrogen (secondary N) is 1. The molecule has 0 radical (unpaired) electrons. The molecule has 26 heavy (non-hydrogen) atoms. The molecule has 0 aliphatic heterocycles. The summed E-state index contributed by atoms with van der Waals surface area (Å²) in [6.45, 7) is 6.12. The van der Waals surface area contributed by atoms with Gasteiger partial charge in [-0.25, -0.2) is 4.79 Å². The Bertz CT molecular complexity index is 908. The zero-order valence-corrected chi connectivity index (χ0v) is 16.1. The molecule has 1 aliphatic carbocycles. The summed E-state index contributed by atoms with van der Waals surface area (Å²) in [6, 6.07) is 14.7. The number of aromatic amines is 1. The van der Waals surface area contributed by atoms with Crippen LogP contribution in [0.2, 0.25) is 0 Å². The summed E-state index contributed by atoms with van der Waals surface area (Å²) in [5, 5.41) is 1.20. The van der Waals surface area contributed by atoms with Crippen LogP contribution in [0.1, 0.15) is 61.6 Å². The molecule has 0 saturated heterocycles.